The largest absolute Gasteiger partial charge is 0.480 e. The molecule has 22 heavy (non-hydrogen) atoms. The SMILES string of the molecule is CC1=C(C)N(CC(=O)O)C(SCc2ccc(F)cc2)=NC1C. The molecule has 0 fully saturated rings. The zero-order chi connectivity index (χ0) is 16.3. The van der Waals surface area contributed by atoms with Crippen molar-refractivity contribution in [1.29, 1.82) is 0 Å². The van der Waals surface area contributed by atoms with Gasteiger partial charge in [0.25, 0.3) is 0 Å². The normalized spacial score (nSPS) is 18.5. The van der Waals surface area contributed by atoms with Gasteiger partial charge in [0.1, 0.15) is 12.4 Å². The highest BCUT2D eigenvalue weighted by molar-refractivity contribution is 8.13. The molecule has 0 saturated carbocycles. The number of thioether (sulfide) groups is 1. The second-order valence-corrected chi connectivity index (χ2v) is 6.19. The summed E-state index contributed by atoms with van der Waals surface area (Å²) in [5.74, 6) is -0.537. The number of rotatable bonds is 4. The van der Waals surface area contributed by atoms with Gasteiger partial charge >= 0.3 is 5.97 Å². The summed E-state index contributed by atoms with van der Waals surface area (Å²) in [5, 5.41) is 9.80. The molecule has 118 valence electrons. The number of hydrogen-bond donors (Lipinski definition) is 1. The third-order valence-corrected chi connectivity index (χ3v) is 4.77. The van der Waals surface area contributed by atoms with Crippen molar-refractivity contribution < 1.29 is 14.3 Å². The quantitative estimate of drug-likeness (QED) is 0.922. The number of carboxylic acid groups (broad SMARTS) is 1. The van der Waals surface area contributed by atoms with Crippen molar-refractivity contribution in [2.45, 2.75) is 32.6 Å². The molecule has 0 aromatic heterocycles. The van der Waals surface area contributed by atoms with Gasteiger partial charge in [-0.25, -0.2) is 4.39 Å². The van der Waals surface area contributed by atoms with Crippen LogP contribution in [0.5, 0.6) is 0 Å². The third kappa shape index (κ3) is 3.88. The van der Waals surface area contributed by atoms with Crippen LogP contribution in [0, 0.1) is 5.82 Å². The zero-order valence-electron chi connectivity index (χ0n) is 12.8. The Bertz CT molecular complexity index is 626. The van der Waals surface area contributed by atoms with Gasteiger partial charge in [0.2, 0.25) is 0 Å². The number of carbonyl (C=O) groups is 1. The summed E-state index contributed by atoms with van der Waals surface area (Å²) >= 11 is 1.47. The van der Waals surface area contributed by atoms with Crippen LogP contribution in [0.15, 0.2) is 40.5 Å². The van der Waals surface area contributed by atoms with E-state index in [2.05, 4.69) is 4.99 Å². The Morgan fingerprint density at radius 2 is 2.00 bits per heavy atom. The summed E-state index contributed by atoms with van der Waals surface area (Å²) in [5.41, 5.74) is 2.99. The number of benzene rings is 1. The molecule has 0 amide bonds. The van der Waals surface area contributed by atoms with Crippen molar-refractivity contribution in [3.8, 4) is 0 Å². The lowest BCUT2D eigenvalue weighted by Crippen LogP contribution is -2.37. The van der Waals surface area contributed by atoms with Crippen molar-refractivity contribution in [2.24, 2.45) is 4.99 Å². The predicted octanol–water partition coefficient (Wildman–Crippen LogP) is 3.50. The Balaban J connectivity index is 2.14. The molecule has 1 atom stereocenters. The van der Waals surface area contributed by atoms with Crippen molar-refractivity contribution in [3.63, 3.8) is 0 Å². The second kappa shape index (κ2) is 6.96. The maximum atomic E-state index is 12.9. The van der Waals surface area contributed by atoms with E-state index in [0.717, 1.165) is 16.8 Å². The molecule has 1 aliphatic rings. The maximum Gasteiger partial charge on any atom is 0.323 e. The smallest absolute Gasteiger partial charge is 0.323 e. The summed E-state index contributed by atoms with van der Waals surface area (Å²) in [7, 11) is 0. The monoisotopic (exact) mass is 322 g/mol. The minimum absolute atomic E-state index is 0.0424. The molecule has 0 spiro atoms. The van der Waals surface area contributed by atoms with E-state index in [0.29, 0.717) is 10.9 Å². The minimum atomic E-state index is -0.892. The number of amidine groups is 1. The summed E-state index contributed by atoms with van der Waals surface area (Å²) in [4.78, 5) is 17.4. The molecule has 1 aromatic rings. The van der Waals surface area contributed by atoms with E-state index in [1.165, 1.54) is 23.9 Å². The first kappa shape index (κ1) is 16.5. The number of allylic oxidation sites excluding steroid dienone is 1. The third-order valence-electron chi connectivity index (χ3n) is 3.71. The number of aliphatic carboxylic acids is 1. The zero-order valence-corrected chi connectivity index (χ0v) is 13.7. The first-order valence-corrected chi connectivity index (χ1v) is 7.98. The Morgan fingerprint density at radius 3 is 2.59 bits per heavy atom. The fourth-order valence-corrected chi connectivity index (χ4v) is 3.23. The van der Waals surface area contributed by atoms with Crippen LogP contribution >= 0.6 is 11.8 Å². The average Bonchev–Trinajstić information content (AvgIpc) is 2.47. The molecule has 1 unspecified atom stereocenters. The summed E-state index contributed by atoms with van der Waals surface area (Å²) in [6.07, 6.45) is 0. The Hall–Kier alpha value is -1.82. The lowest BCUT2D eigenvalue weighted by atomic mass is 10.1. The number of halogens is 1. The predicted molar refractivity (Wildman–Crippen MR) is 87.3 cm³/mol. The molecule has 4 nitrogen and oxygen atoms in total. The van der Waals surface area contributed by atoms with Crippen LogP contribution < -0.4 is 0 Å². The molecular formula is C16H19FN2O2S. The van der Waals surface area contributed by atoms with Gasteiger partial charge in [0, 0.05) is 11.4 Å². The number of carboxylic acids is 1. The maximum absolute atomic E-state index is 12.9. The van der Waals surface area contributed by atoms with E-state index in [-0.39, 0.29) is 18.4 Å². The van der Waals surface area contributed by atoms with Crippen LogP contribution in [0.4, 0.5) is 4.39 Å². The van der Waals surface area contributed by atoms with Crippen LogP contribution in [0.25, 0.3) is 0 Å². The highest BCUT2D eigenvalue weighted by Crippen LogP contribution is 2.27. The standard InChI is InChI=1S/C16H19FN2O2S/c1-10-11(2)18-16(19(12(10)3)8-15(20)21)22-9-13-4-6-14(17)7-5-13/h4-7,11H,8-9H2,1-3H3,(H,20,21). The van der Waals surface area contributed by atoms with Crippen molar-refractivity contribution in [3.05, 3.63) is 46.9 Å². The molecule has 1 heterocycles. The average molecular weight is 322 g/mol. The number of nitrogens with zero attached hydrogens (tertiary/aromatic N) is 2. The minimum Gasteiger partial charge on any atom is -0.480 e. The summed E-state index contributed by atoms with van der Waals surface area (Å²) in [6.45, 7) is 5.78. The van der Waals surface area contributed by atoms with E-state index >= 15 is 0 Å². The Morgan fingerprint density at radius 1 is 1.36 bits per heavy atom. The van der Waals surface area contributed by atoms with Gasteiger partial charge in [0.15, 0.2) is 5.17 Å². The van der Waals surface area contributed by atoms with E-state index < -0.39 is 5.97 Å². The molecule has 0 aliphatic carbocycles. The van der Waals surface area contributed by atoms with Crippen LogP contribution in [-0.4, -0.2) is 33.7 Å². The van der Waals surface area contributed by atoms with Gasteiger partial charge in [-0.3, -0.25) is 9.79 Å². The summed E-state index contributed by atoms with van der Waals surface area (Å²) < 4.78 is 12.9. The first-order chi connectivity index (χ1) is 10.4. The molecule has 2 rings (SSSR count). The lowest BCUT2D eigenvalue weighted by Gasteiger charge is -2.32. The van der Waals surface area contributed by atoms with Crippen molar-refractivity contribution in [1.82, 2.24) is 4.90 Å². The van der Waals surface area contributed by atoms with Gasteiger partial charge < -0.3 is 10.0 Å². The van der Waals surface area contributed by atoms with Crippen LogP contribution in [-0.2, 0) is 10.5 Å². The van der Waals surface area contributed by atoms with Gasteiger partial charge in [-0.15, -0.1) is 0 Å². The highest BCUT2D eigenvalue weighted by atomic mass is 32.2. The number of aliphatic imine (C=N–C) groups is 1. The van der Waals surface area contributed by atoms with Gasteiger partial charge in [-0.05, 0) is 44.0 Å². The molecule has 0 radical (unpaired) electrons. The molecule has 0 bridgehead atoms. The van der Waals surface area contributed by atoms with Crippen LogP contribution in [0.3, 0.4) is 0 Å². The Kier molecular flexibility index (Phi) is 5.24. The fraction of sp³-hybridized carbons (Fsp3) is 0.375. The molecular weight excluding hydrogens is 303 g/mol. The van der Waals surface area contributed by atoms with Crippen molar-refractivity contribution in [2.75, 3.05) is 6.54 Å². The van der Waals surface area contributed by atoms with Gasteiger partial charge in [-0.2, -0.15) is 0 Å². The molecule has 1 N–H and O–H groups in total. The van der Waals surface area contributed by atoms with Crippen molar-refractivity contribution >= 4 is 22.9 Å². The topological polar surface area (TPSA) is 52.9 Å². The van der Waals surface area contributed by atoms with E-state index in [4.69, 9.17) is 5.11 Å². The number of hydrogen-bond acceptors (Lipinski definition) is 4. The fourth-order valence-electron chi connectivity index (χ4n) is 2.16. The molecule has 1 aliphatic heterocycles. The molecule has 6 heteroatoms. The van der Waals surface area contributed by atoms with Gasteiger partial charge in [-0.1, -0.05) is 23.9 Å². The van der Waals surface area contributed by atoms with E-state index in [9.17, 15) is 9.18 Å². The Labute approximate surface area is 133 Å². The molecule has 1 aromatic carbocycles. The van der Waals surface area contributed by atoms with Gasteiger partial charge in [0.05, 0.1) is 6.04 Å². The highest BCUT2D eigenvalue weighted by Gasteiger charge is 2.25. The first-order valence-electron chi connectivity index (χ1n) is 7.00. The molecule has 0 saturated heterocycles. The second-order valence-electron chi connectivity index (χ2n) is 5.25. The van der Waals surface area contributed by atoms with E-state index in [1.807, 2.05) is 20.8 Å². The van der Waals surface area contributed by atoms with E-state index in [1.54, 1.807) is 17.0 Å². The summed E-state index contributed by atoms with van der Waals surface area (Å²) in [6, 6.07) is 6.34. The van der Waals surface area contributed by atoms with Crippen LogP contribution in [0.1, 0.15) is 26.3 Å². The lowest BCUT2D eigenvalue weighted by molar-refractivity contribution is -0.137. The van der Waals surface area contributed by atoms with Crippen LogP contribution in [0.2, 0.25) is 0 Å².